The Morgan fingerprint density at radius 2 is 1.72 bits per heavy atom. The Balaban J connectivity index is 2.02. The molecule has 0 aliphatic carbocycles. The highest BCUT2D eigenvalue weighted by atomic mass is 15.3. The molecule has 5 heteroatoms. The smallest absolute Gasteiger partial charge is 0.158 e. The maximum atomic E-state index is 9.56. The fraction of sp³-hybridized carbons (Fsp3) is 0.0500. The summed E-state index contributed by atoms with van der Waals surface area (Å²) in [4.78, 5) is 4.35. The van der Waals surface area contributed by atoms with Gasteiger partial charge in [-0.05, 0) is 6.92 Å². The molecule has 0 bridgehead atoms. The third kappa shape index (κ3) is 2.50. The number of fused-ring (bicyclic) bond motifs is 1. The SMILES string of the molecule is Cc1ccc(-c2cc3nc(N)c(C#N)c(-c4ccccc4)n3n2)cc1. The minimum atomic E-state index is 0.212. The van der Waals surface area contributed by atoms with Gasteiger partial charge in [0.15, 0.2) is 5.65 Å². The summed E-state index contributed by atoms with van der Waals surface area (Å²) in [5.74, 6) is 0.212. The standard InChI is InChI=1S/C20H15N5/c1-13-7-9-14(10-8-13)17-11-18-23-20(22)16(12-21)19(25(18)24-17)15-5-3-2-4-6-15/h2-11H,1H3,(H2,22,23). The van der Waals surface area contributed by atoms with Crippen LogP contribution in [0.1, 0.15) is 11.1 Å². The van der Waals surface area contributed by atoms with E-state index in [0.717, 1.165) is 16.8 Å². The first-order chi connectivity index (χ1) is 12.2. The van der Waals surface area contributed by atoms with E-state index < -0.39 is 0 Å². The lowest BCUT2D eigenvalue weighted by atomic mass is 10.1. The van der Waals surface area contributed by atoms with E-state index in [1.807, 2.05) is 67.6 Å². The molecule has 0 atom stereocenters. The molecule has 4 rings (SSSR count). The van der Waals surface area contributed by atoms with Crippen molar-refractivity contribution in [3.05, 3.63) is 71.8 Å². The van der Waals surface area contributed by atoms with Crippen molar-refractivity contribution >= 4 is 11.5 Å². The van der Waals surface area contributed by atoms with Crippen LogP contribution >= 0.6 is 0 Å². The maximum Gasteiger partial charge on any atom is 0.158 e. The summed E-state index contributed by atoms with van der Waals surface area (Å²) in [5.41, 5.74) is 11.5. The fourth-order valence-electron chi connectivity index (χ4n) is 2.86. The molecule has 0 amide bonds. The summed E-state index contributed by atoms with van der Waals surface area (Å²) >= 11 is 0. The molecular formula is C20H15N5. The number of rotatable bonds is 2. The van der Waals surface area contributed by atoms with Crippen LogP contribution in [0.25, 0.3) is 28.2 Å². The lowest BCUT2D eigenvalue weighted by Gasteiger charge is -2.08. The second-order valence-electron chi connectivity index (χ2n) is 5.86. The van der Waals surface area contributed by atoms with Gasteiger partial charge >= 0.3 is 0 Å². The van der Waals surface area contributed by atoms with E-state index in [0.29, 0.717) is 16.9 Å². The van der Waals surface area contributed by atoms with Gasteiger partial charge in [0.1, 0.15) is 17.5 Å². The summed E-state index contributed by atoms with van der Waals surface area (Å²) in [6.45, 7) is 2.04. The van der Waals surface area contributed by atoms with Crippen LogP contribution in [0.3, 0.4) is 0 Å². The third-order valence-electron chi connectivity index (χ3n) is 4.14. The molecule has 2 heterocycles. The number of aromatic nitrogens is 3. The van der Waals surface area contributed by atoms with Gasteiger partial charge in [0.2, 0.25) is 0 Å². The molecule has 2 aromatic heterocycles. The highest BCUT2D eigenvalue weighted by Crippen LogP contribution is 2.29. The molecule has 0 saturated heterocycles. The fourth-order valence-corrected chi connectivity index (χ4v) is 2.86. The summed E-state index contributed by atoms with van der Waals surface area (Å²) in [6, 6.07) is 21.8. The zero-order valence-corrected chi connectivity index (χ0v) is 13.6. The van der Waals surface area contributed by atoms with E-state index in [1.54, 1.807) is 4.52 Å². The van der Waals surface area contributed by atoms with Crippen LogP contribution in [0.5, 0.6) is 0 Å². The predicted octanol–water partition coefficient (Wildman–Crippen LogP) is 3.83. The van der Waals surface area contributed by atoms with E-state index in [9.17, 15) is 5.26 Å². The molecule has 2 aromatic carbocycles. The number of hydrogen-bond acceptors (Lipinski definition) is 4. The molecule has 4 aromatic rings. The first-order valence-corrected chi connectivity index (χ1v) is 7.89. The second-order valence-corrected chi connectivity index (χ2v) is 5.86. The topological polar surface area (TPSA) is 80.0 Å². The molecule has 0 fully saturated rings. The van der Waals surface area contributed by atoms with Crippen LogP contribution < -0.4 is 5.73 Å². The zero-order valence-electron chi connectivity index (χ0n) is 13.6. The minimum absolute atomic E-state index is 0.212. The van der Waals surface area contributed by atoms with Gasteiger partial charge in [0.25, 0.3) is 0 Å². The van der Waals surface area contributed by atoms with E-state index in [4.69, 9.17) is 5.73 Å². The Kier molecular flexibility index (Phi) is 3.44. The molecule has 2 N–H and O–H groups in total. The van der Waals surface area contributed by atoms with Crippen LogP contribution in [-0.2, 0) is 0 Å². The summed E-state index contributed by atoms with van der Waals surface area (Å²) in [5, 5.41) is 14.2. The molecule has 5 nitrogen and oxygen atoms in total. The van der Waals surface area contributed by atoms with Crippen molar-refractivity contribution in [2.45, 2.75) is 6.92 Å². The average Bonchev–Trinajstić information content (AvgIpc) is 3.05. The summed E-state index contributed by atoms with van der Waals surface area (Å²) < 4.78 is 1.69. The maximum absolute atomic E-state index is 9.56. The van der Waals surface area contributed by atoms with Gasteiger partial charge in [0, 0.05) is 17.2 Å². The third-order valence-corrected chi connectivity index (χ3v) is 4.14. The van der Waals surface area contributed by atoms with Crippen LogP contribution in [0.15, 0.2) is 60.7 Å². The van der Waals surface area contributed by atoms with Gasteiger partial charge in [-0.25, -0.2) is 9.50 Å². The predicted molar refractivity (Wildman–Crippen MR) is 97.7 cm³/mol. The van der Waals surface area contributed by atoms with Gasteiger partial charge in [-0.1, -0.05) is 60.2 Å². The highest BCUT2D eigenvalue weighted by Gasteiger charge is 2.17. The molecule has 0 aliphatic rings. The zero-order chi connectivity index (χ0) is 17.4. The molecule has 120 valence electrons. The van der Waals surface area contributed by atoms with E-state index in [-0.39, 0.29) is 5.82 Å². The average molecular weight is 325 g/mol. The van der Waals surface area contributed by atoms with Gasteiger partial charge in [-0.3, -0.25) is 0 Å². The van der Waals surface area contributed by atoms with E-state index >= 15 is 0 Å². The molecule has 0 saturated carbocycles. The minimum Gasteiger partial charge on any atom is -0.382 e. The van der Waals surface area contributed by atoms with Crippen LogP contribution in [0, 0.1) is 18.3 Å². The van der Waals surface area contributed by atoms with Gasteiger partial charge in [-0.15, -0.1) is 0 Å². The van der Waals surface area contributed by atoms with Crippen LogP contribution in [0.4, 0.5) is 5.82 Å². The van der Waals surface area contributed by atoms with Crippen molar-refractivity contribution in [3.63, 3.8) is 0 Å². The van der Waals surface area contributed by atoms with Crippen molar-refractivity contribution in [1.29, 1.82) is 5.26 Å². The summed E-state index contributed by atoms with van der Waals surface area (Å²) in [7, 11) is 0. The summed E-state index contributed by atoms with van der Waals surface area (Å²) in [6.07, 6.45) is 0. The number of hydrogen-bond donors (Lipinski definition) is 1. The Hall–Kier alpha value is -3.65. The Labute approximate surface area is 145 Å². The molecule has 25 heavy (non-hydrogen) atoms. The van der Waals surface area contributed by atoms with Gasteiger partial charge in [-0.2, -0.15) is 10.4 Å². The first-order valence-electron chi connectivity index (χ1n) is 7.89. The van der Waals surface area contributed by atoms with E-state index in [2.05, 4.69) is 16.2 Å². The largest absolute Gasteiger partial charge is 0.382 e. The molecule has 0 spiro atoms. The number of nitrogens with zero attached hydrogens (tertiary/aromatic N) is 4. The Morgan fingerprint density at radius 1 is 1.00 bits per heavy atom. The van der Waals surface area contributed by atoms with Gasteiger partial charge < -0.3 is 5.73 Å². The highest BCUT2D eigenvalue weighted by molar-refractivity contribution is 5.77. The Morgan fingerprint density at radius 3 is 2.40 bits per heavy atom. The van der Waals surface area contributed by atoms with Crippen molar-refractivity contribution < 1.29 is 0 Å². The molecular weight excluding hydrogens is 310 g/mol. The first kappa shape index (κ1) is 14.9. The van der Waals surface area contributed by atoms with Crippen LogP contribution in [0.2, 0.25) is 0 Å². The number of anilines is 1. The lowest BCUT2D eigenvalue weighted by Crippen LogP contribution is -2.05. The normalized spacial score (nSPS) is 10.7. The number of nitriles is 1. The second kappa shape index (κ2) is 5.77. The number of benzene rings is 2. The van der Waals surface area contributed by atoms with Crippen molar-refractivity contribution in [2.24, 2.45) is 0 Å². The number of nitrogen functional groups attached to an aromatic ring is 1. The molecule has 0 unspecified atom stereocenters. The number of aryl methyl sites for hydroxylation is 1. The van der Waals surface area contributed by atoms with Crippen LogP contribution in [-0.4, -0.2) is 14.6 Å². The van der Waals surface area contributed by atoms with Crippen molar-refractivity contribution in [3.8, 4) is 28.6 Å². The quantitative estimate of drug-likeness (QED) is 0.607. The molecule has 0 aliphatic heterocycles. The lowest BCUT2D eigenvalue weighted by molar-refractivity contribution is 0.950. The monoisotopic (exact) mass is 325 g/mol. The van der Waals surface area contributed by atoms with Crippen molar-refractivity contribution in [2.75, 3.05) is 5.73 Å². The van der Waals surface area contributed by atoms with Gasteiger partial charge in [0.05, 0.1) is 11.4 Å². The Bertz CT molecular complexity index is 1100. The van der Waals surface area contributed by atoms with E-state index in [1.165, 1.54) is 5.56 Å². The molecule has 0 radical (unpaired) electrons. The number of nitrogens with two attached hydrogens (primary N) is 1. The van der Waals surface area contributed by atoms with Crippen molar-refractivity contribution in [1.82, 2.24) is 14.6 Å².